The molecule has 0 saturated heterocycles. The predicted octanol–water partition coefficient (Wildman–Crippen LogP) is 2.31. The summed E-state index contributed by atoms with van der Waals surface area (Å²) in [5.41, 5.74) is -0.747. The van der Waals surface area contributed by atoms with E-state index < -0.39 is 18.0 Å². The molecule has 0 saturated carbocycles. The van der Waals surface area contributed by atoms with Gasteiger partial charge in [0.2, 0.25) is 0 Å². The molecule has 18 heavy (non-hydrogen) atoms. The van der Waals surface area contributed by atoms with Gasteiger partial charge >= 0.3 is 5.97 Å². The number of pyridine rings is 1. The van der Waals surface area contributed by atoms with E-state index in [1.54, 1.807) is 6.92 Å². The molecule has 0 radical (unpaired) electrons. The Balaban J connectivity index is 3.10. The number of nitrogens with one attached hydrogen (secondary N) is 1. The normalized spacial score (nSPS) is 10.7. The molecule has 1 aromatic heterocycles. The van der Waals surface area contributed by atoms with Crippen molar-refractivity contribution in [2.75, 3.05) is 6.61 Å². The maximum Gasteiger partial charge on any atom is 0.310 e. The molecule has 0 aliphatic carbocycles. The van der Waals surface area contributed by atoms with Gasteiger partial charge in [0, 0.05) is 22.2 Å². The van der Waals surface area contributed by atoms with Crippen LogP contribution in [-0.2, 0) is 21.3 Å². The van der Waals surface area contributed by atoms with Crippen LogP contribution in [0.2, 0.25) is 0 Å². The Morgan fingerprint density at radius 2 is 2.22 bits per heavy atom. The summed E-state index contributed by atoms with van der Waals surface area (Å²) >= 11 is 3.02. The van der Waals surface area contributed by atoms with E-state index in [1.807, 2.05) is 0 Å². The number of carbonyl (C=O) groups is 1. The van der Waals surface area contributed by atoms with Crippen LogP contribution in [0.15, 0.2) is 10.9 Å². The lowest BCUT2D eigenvalue weighted by Crippen LogP contribution is -2.20. The number of H-pyrrole nitrogens is 1. The van der Waals surface area contributed by atoms with Gasteiger partial charge in [-0.1, -0.05) is 15.9 Å². The number of alkyl halides is 3. The molecule has 0 atom stereocenters. The van der Waals surface area contributed by atoms with Crippen molar-refractivity contribution in [3.63, 3.8) is 0 Å². The summed E-state index contributed by atoms with van der Waals surface area (Å²) in [5.74, 6) is -0.616. The fourth-order valence-electron chi connectivity index (χ4n) is 1.43. The van der Waals surface area contributed by atoms with Gasteiger partial charge in [-0.25, -0.2) is 8.78 Å². The third kappa shape index (κ3) is 3.63. The zero-order chi connectivity index (χ0) is 13.7. The third-order valence-electron chi connectivity index (χ3n) is 2.24. The number of aromatic amines is 1. The molecule has 0 bridgehead atoms. The van der Waals surface area contributed by atoms with Gasteiger partial charge < -0.3 is 9.72 Å². The second-order valence-corrected chi connectivity index (χ2v) is 4.03. The summed E-state index contributed by atoms with van der Waals surface area (Å²) in [7, 11) is 0. The van der Waals surface area contributed by atoms with Gasteiger partial charge in [-0.2, -0.15) is 0 Å². The largest absolute Gasteiger partial charge is 0.466 e. The second-order valence-electron chi connectivity index (χ2n) is 3.47. The highest BCUT2D eigenvalue weighted by Crippen LogP contribution is 2.23. The molecular formula is C11H12BrF2NO3. The maximum atomic E-state index is 12.8. The van der Waals surface area contributed by atoms with Gasteiger partial charge in [0.15, 0.2) is 0 Å². The second kappa shape index (κ2) is 6.63. The molecule has 100 valence electrons. The zero-order valence-electron chi connectivity index (χ0n) is 9.63. The number of aromatic nitrogens is 1. The minimum absolute atomic E-state index is 0.0200. The van der Waals surface area contributed by atoms with Gasteiger partial charge in [0.05, 0.1) is 13.0 Å². The Hall–Kier alpha value is -1.24. The van der Waals surface area contributed by atoms with Gasteiger partial charge in [0.1, 0.15) is 0 Å². The molecule has 1 heterocycles. The first-order chi connectivity index (χ1) is 8.49. The predicted molar refractivity (Wildman–Crippen MR) is 65.0 cm³/mol. The van der Waals surface area contributed by atoms with Crippen molar-refractivity contribution in [3.05, 3.63) is 33.2 Å². The number of esters is 1. The van der Waals surface area contributed by atoms with Crippen LogP contribution in [0.4, 0.5) is 8.78 Å². The minimum Gasteiger partial charge on any atom is -0.466 e. The number of rotatable bonds is 5. The number of carbonyl (C=O) groups excluding carboxylic acids is 1. The topological polar surface area (TPSA) is 59.2 Å². The molecule has 0 spiro atoms. The highest BCUT2D eigenvalue weighted by molar-refractivity contribution is 9.08. The van der Waals surface area contributed by atoms with Crippen molar-refractivity contribution in [1.82, 2.24) is 4.98 Å². The van der Waals surface area contributed by atoms with Crippen LogP contribution in [0.3, 0.4) is 0 Å². The fourth-order valence-corrected chi connectivity index (χ4v) is 1.90. The number of ether oxygens (including phenoxy) is 1. The van der Waals surface area contributed by atoms with Crippen LogP contribution in [0.5, 0.6) is 0 Å². The van der Waals surface area contributed by atoms with E-state index in [2.05, 4.69) is 25.7 Å². The van der Waals surface area contributed by atoms with Crippen LogP contribution in [-0.4, -0.2) is 17.6 Å². The fraction of sp³-hybridized carbons (Fsp3) is 0.455. The van der Waals surface area contributed by atoms with Crippen LogP contribution in [0, 0.1) is 0 Å². The molecule has 4 nitrogen and oxygen atoms in total. The van der Waals surface area contributed by atoms with E-state index in [0.717, 1.165) is 6.07 Å². The molecule has 0 aliphatic heterocycles. The number of halogens is 3. The summed E-state index contributed by atoms with van der Waals surface area (Å²) in [6.07, 6.45) is -3.03. The summed E-state index contributed by atoms with van der Waals surface area (Å²) in [6, 6.07) is 1.05. The van der Waals surface area contributed by atoms with E-state index in [4.69, 9.17) is 0 Å². The van der Waals surface area contributed by atoms with E-state index in [9.17, 15) is 18.4 Å². The quantitative estimate of drug-likeness (QED) is 0.668. The molecule has 0 fully saturated rings. The van der Waals surface area contributed by atoms with Crippen LogP contribution < -0.4 is 5.56 Å². The van der Waals surface area contributed by atoms with E-state index in [-0.39, 0.29) is 35.2 Å². The standard InChI is InChI=1S/C11H12BrF2NO3/c1-2-18-9(16)4-6-3-7(10(13)14)8(5-12)15-11(6)17/h3,10H,2,4-5H2,1H3,(H,15,17). The monoisotopic (exact) mass is 323 g/mol. The number of hydrogen-bond donors (Lipinski definition) is 1. The van der Waals surface area contributed by atoms with Crippen molar-refractivity contribution in [2.45, 2.75) is 25.1 Å². The first-order valence-electron chi connectivity index (χ1n) is 5.24. The summed E-state index contributed by atoms with van der Waals surface area (Å²) < 4.78 is 30.2. The van der Waals surface area contributed by atoms with Crippen molar-refractivity contribution in [1.29, 1.82) is 0 Å². The lowest BCUT2D eigenvalue weighted by Gasteiger charge is -2.08. The van der Waals surface area contributed by atoms with Crippen LogP contribution in [0.25, 0.3) is 0 Å². The Morgan fingerprint density at radius 1 is 1.56 bits per heavy atom. The molecule has 1 aromatic rings. The van der Waals surface area contributed by atoms with Crippen molar-refractivity contribution in [3.8, 4) is 0 Å². The average molecular weight is 324 g/mol. The molecule has 0 amide bonds. The summed E-state index contributed by atoms with van der Waals surface area (Å²) in [5, 5.41) is 0.113. The van der Waals surface area contributed by atoms with E-state index in [0.29, 0.717) is 0 Å². The Morgan fingerprint density at radius 3 is 2.72 bits per heavy atom. The van der Waals surface area contributed by atoms with Gasteiger partial charge in [-0.15, -0.1) is 0 Å². The molecule has 1 rings (SSSR count). The first kappa shape index (κ1) is 14.8. The molecular weight excluding hydrogens is 312 g/mol. The first-order valence-corrected chi connectivity index (χ1v) is 6.36. The van der Waals surface area contributed by atoms with Gasteiger partial charge in [0.25, 0.3) is 12.0 Å². The van der Waals surface area contributed by atoms with Crippen LogP contribution >= 0.6 is 15.9 Å². The van der Waals surface area contributed by atoms with Gasteiger partial charge in [-0.3, -0.25) is 9.59 Å². The average Bonchev–Trinajstić information content (AvgIpc) is 2.31. The van der Waals surface area contributed by atoms with E-state index in [1.165, 1.54) is 0 Å². The number of hydrogen-bond acceptors (Lipinski definition) is 3. The minimum atomic E-state index is -2.71. The lowest BCUT2D eigenvalue weighted by atomic mass is 10.1. The molecule has 0 unspecified atom stereocenters. The molecule has 0 aliphatic rings. The third-order valence-corrected chi connectivity index (χ3v) is 2.80. The van der Waals surface area contributed by atoms with Crippen molar-refractivity contribution >= 4 is 21.9 Å². The zero-order valence-corrected chi connectivity index (χ0v) is 11.2. The lowest BCUT2D eigenvalue weighted by molar-refractivity contribution is -0.142. The summed E-state index contributed by atoms with van der Waals surface area (Å²) in [4.78, 5) is 25.1. The smallest absolute Gasteiger partial charge is 0.310 e. The Labute approximate surface area is 110 Å². The van der Waals surface area contributed by atoms with Crippen molar-refractivity contribution in [2.24, 2.45) is 0 Å². The van der Waals surface area contributed by atoms with E-state index >= 15 is 0 Å². The Bertz CT molecular complexity index is 488. The SMILES string of the molecule is CCOC(=O)Cc1cc(C(F)F)c(CBr)[nH]c1=O. The highest BCUT2D eigenvalue weighted by atomic mass is 79.9. The highest BCUT2D eigenvalue weighted by Gasteiger charge is 2.17. The Kier molecular flexibility index (Phi) is 5.46. The summed E-state index contributed by atoms with van der Waals surface area (Å²) in [6.45, 7) is 1.80. The maximum absolute atomic E-state index is 12.8. The van der Waals surface area contributed by atoms with Gasteiger partial charge in [-0.05, 0) is 13.0 Å². The molecule has 7 heteroatoms. The van der Waals surface area contributed by atoms with Crippen molar-refractivity contribution < 1.29 is 18.3 Å². The van der Waals surface area contributed by atoms with Crippen LogP contribution in [0.1, 0.15) is 30.2 Å². The molecule has 1 N–H and O–H groups in total. The molecule has 0 aromatic carbocycles.